The molecule has 0 radical (unpaired) electrons. The van der Waals surface area contributed by atoms with E-state index in [2.05, 4.69) is 6.92 Å². The number of aryl methyl sites for hydroxylation is 1. The van der Waals surface area contributed by atoms with Gasteiger partial charge in [0.2, 0.25) is 0 Å². The van der Waals surface area contributed by atoms with E-state index in [4.69, 9.17) is 21.1 Å². The lowest BCUT2D eigenvalue weighted by Gasteiger charge is -2.16. The van der Waals surface area contributed by atoms with Gasteiger partial charge < -0.3 is 9.47 Å². The quantitative estimate of drug-likeness (QED) is 0.693. The second-order valence-electron chi connectivity index (χ2n) is 6.12. The molecule has 2 atom stereocenters. The molecule has 1 aromatic rings. The Bertz CT molecular complexity index is 554. The van der Waals surface area contributed by atoms with Gasteiger partial charge in [-0.3, -0.25) is 4.79 Å². The summed E-state index contributed by atoms with van der Waals surface area (Å²) < 4.78 is 10.7. The topological polar surface area (TPSA) is 35.5 Å². The van der Waals surface area contributed by atoms with Crippen molar-refractivity contribution in [3.8, 4) is 5.75 Å². The summed E-state index contributed by atoms with van der Waals surface area (Å²) in [5, 5.41) is 0.819. The number of hydrogen-bond donors (Lipinski definition) is 0. The molecule has 2 rings (SSSR count). The van der Waals surface area contributed by atoms with Crippen LogP contribution in [0.4, 0.5) is 0 Å². The Morgan fingerprint density at radius 1 is 1.41 bits per heavy atom. The molecule has 0 saturated heterocycles. The number of benzene rings is 1. The summed E-state index contributed by atoms with van der Waals surface area (Å²) in [5.41, 5.74) is 3.33. The van der Waals surface area contributed by atoms with Gasteiger partial charge in [-0.25, -0.2) is 0 Å². The Labute approximate surface area is 137 Å². The lowest BCUT2D eigenvalue weighted by Crippen LogP contribution is -2.06. The molecule has 0 aromatic heterocycles. The Morgan fingerprint density at radius 2 is 2.14 bits per heavy atom. The highest BCUT2D eigenvalue weighted by Crippen LogP contribution is 2.44. The van der Waals surface area contributed by atoms with Gasteiger partial charge in [-0.15, -0.1) is 0 Å². The first-order chi connectivity index (χ1) is 10.5. The van der Waals surface area contributed by atoms with Crippen molar-refractivity contribution in [2.24, 2.45) is 11.8 Å². The van der Waals surface area contributed by atoms with Crippen LogP contribution in [0.15, 0.2) is 6.07 Å². The van der Waals surface area contributed by atoms with Crippen molar-refractivity contribution >= 4 is 17.6 Å². The second kappa shape index (κ2) is 7.36. The smallest absolute Gasteiger partial charge is 0.308 e. The fourth-order valence-electron chi connectivity index (χ4n) is 2.95. The van der Waals surface area contributed by atoms with E-state index in [1.165, 1.54) is 12.7 Å². The number of methoxy groups -OCH3 is 1. The van der Waals surface area contributed by atoms with E-state index in [1.807, 2.05) is 19.9 Å². The lowest BCUT2D eigenvalue weighted by molar-refractivity contribution is -0.142. The fourth-order valence-corrected chi connectivity index (χ4v) is 3.12. The first-order valence-corrected chi connectivity index (χ1v) is 8.36. The maximum absolute atomic E-state index is 11.5. The van der Waals surface area contributed by atoms with E-state index in [0.717, 1.165) is 47.6 Å². The molecule has 0 spiro atoms. The molecule has 1 aromatic carbocycles. The number of rotatable bonds is 7. The van der Waals surface area contributed by atoms with E-state index in [0.29, 0.717) is 12.5 Å². The number of halogens is 1. The first kappa shape index (κ1) is 17.1. The minimum Gasteiger partial charge on any atom is -0.493 e. The SMILES string of the molecule is CCCOc1cc(C)c(Cl)c(C)c1CCC1CC1C(=O)OC. The summed E-state index contributed by atoms with van der Waals surface area (Å²) in [6.07, 6.45) is 3.79. The van der Waals surface area contributed by atoms with Gasteiger partial charge in [0.1, 0.15) is 5.75 Å². The van der Waals surface area contributed by atoms with Crippen molar-refractivity contribution < 1.29 is 14.3 Å². The number of carbonyl (C=O) groups excluding carboxylic acids is 1. The Balaban J connectivity index is 2.09. The van der Waals surface area contributed by atoms with Crippen molar-refractivity contribution in [2.45, 2.75) is 46.5 Å². The summed E-state index contributed by atoms with van der Waals surface area (Å²) in [6, 6.07) is 2.03. The van der Waals surface area contributed by atoms with Crippen LogP contribution in [0, 0.1) is 25.7 Å². The molecule has 1 aliphatic carbocycles. The van der Waals surface area contributed by atoms with Gasteiger partial charge in [-0.05, 0) is 68.2 Å². The average Bonchev–Trinajstić information content (AvgIpc) is 3.28. The minimum absolute atomic E-state index is 0.0777. The van der Waals surface area contributed by atoms with Gasteiger partial charge in [0, 0.05) is 5.02 Å². The summed E-state index contributed by atoms with van der Waals surface area (Å²) in [4.78, 5) is 11.5. The Hall–Kier alpha value is -1.22. The number of esters is 1. The van der Waals surface area contributed by atoms with Crippen molar-refractivity contribution in [1.82, 2.24) is 0 Å². The van der Waals surface area contributed by atoms with E-state index >= 15 is 0 Å². The molecule has 1 saturated carbocycles. The Morgan fingerprint density at radius 3 is 2.77 bits per heavy atom. The molecule has 2 unspecified atom stereocenters. The summed E-state index contributed by atoms with van der Waals surface area (Å²) in [7, 11) is 1.46. The predicted octanol–water partition coefficient (Wildman–Crippen LogP) is 4.49. The molecule has 0 aliphatic heterocycles. The highest BCUT2D eigenvalue weighted by molar-refractivity contribution is 6.32. The van der Waals surface area contributed by atoms with E-state index in [1.54, 1.807) is 0 Å². The molecule has 1 aliphatic rings. The van der Waals surface area contributed by atoms with Crippen LogP contribution in [-0.4, -0.2) is 19.7 Å². The van der Waals surface area contributed by atoms with Gasteiger partial charge >= 0.3 is 5.97 Å². The van der Waals surface area contributed by atoms with Crippen LogP contribution in [0.3, 0.4) is 0 Å². The third kappa shape index (κ3) is 3.75. The van der Waals surface area contributed by atoms with Crippen LogP contribution in [0.2, 0.25) is 5.02 Å². The fraction of sp³-hybridized carbons (Fsp3) is 0.611. The van der Waals surface area contributed by atoms with E-state index in [9.17, 15) is 4.79 Å². The van der Waals surface area contributed by atoms with Crippen LogP contribution in [-0.2, 0) is 16.0 Å². The third-order valence-electron chi connectivity index (χ3n) is 4.43. The van der Waals surface area contributed by atoms with Crippen molar-refractivity contribution in [2.75, 3.05) is 13.7 Å². The molecular formula is C18H25ClO3. The summed E-state index contributed by atoms with van der Waals surface area (Å²) in [6.45, 7) is 6.86. The standard InChI is InChI=1S/C18H25ClO3/c1-5-8-22-16-9-11(2)17(19)12(3)14(16)7-6-13-10-15(13)18(20)21-4/h9,13,15H,5-8,10H2,1-4H3. The Kier molecular flexibility index (Phi) is 5.74. The first-order valence-electron chi connectivity index (χ1n) is 7.98. The van der Waals surface area contributed by atoms with E-state index in [-0.39, 0.29) is 11.9 Å². The molecule has 22 heavy (non-hydrogen) atoms. The number of carbonyl (C=O) groups is 1. The summed E-state index contributed by atoms with van der Waals surface area (Å²) in [5.74, 6) is 1.39. The highest BCUT2D eigenvalue weighted by Gasteiger charge is 2.43. The zero-order chi connectivity index (χ0) is 16.3. The highest BCUT2D eigenvalue weighted by atomic mass is 35.5. The zero-order valence-corrected chi connectivity index (χ0v) is 14.6. The molecular weight excluding hydrogens is 300 g/mol. The van der Waals surface area contributed by atoms with Crippen LogP contribution < -0.4 is 4.74 Å². The van der Waals surface area contributed by atoms with Crippen molar-refractivity contribution in [3.63, 3.8) is 0 Å². The summed E-state index contributed by atoms with van der Waals surface area (Å²) >= 11 is 6.39. The molecule has 122 valence electrons. The van der Waals surface area contributed by atoms with Crippen LogP contribution in [0.5, 0.6) is 5.75 Å². The molecule has 0 heterocycles. The predicted molar refractivity (Wildman–Crippen MR) is 88.6 cm³/mol. The third-order valence-corrected chi connectivity index (χ3v) is 5.01. The van der Waals surface area contributed by atoms with Gasteiger partial charge in [0.05, 0.1) is 19.6 Å². The normalized spacial score (nSPS) is 19.9. The monoisotopic (exact) mass is 324 g/mol. The van der Waals surface area contributed by atoms with Gasteiger partial charge in [0.15, 0.2) is 0 Å². The number of hydrogen-bond acceptors (Lipinski definition) is 3. The van der Waals surface area contributed by atoms with Crippen LogP contribution >= 0.6 is 11.6 Å². The maximum Gasteiger partial charge on any atom is 0.308 e. The van der Waals surface area contributed by atoms with Crippen molar-refractivity contribution in [1.29, 1.82) is 0 Å². The lowest BCUT2D eigenvalue weighted by atomic mass is 9.98. The van der Waals surface area contributed by atoms with Crippen LogP contribution in [0.1, 0.15) is 42.9 Å². The molecule has 3 nitrogen and oxygen atoms in total. The second-order valence-corrected chi connectivity index (χ2v) is 6.50. The van der Waals surface area contributed by atoms with Gasteiger partial charge in [0.25, 0.3) is 0 Å². The largest absolute Gasteiger partial charge is 0.493 e. The van der Waals surface area contributed by atoms with Crippen molar-refractivity contribution in [3.05, 3.63) is 27.8 Å². The average molecular weight is 325 g/mol. The molecule has 1 fully saturated rings. The van der Waals surface area contributed by atoms with E-state index < -0.39 is 0 Å². The van der Waals surface area contributed by atoms with Crippen LogP contribution in [0.25, 0.3) is 0 Å². The zero-order valence-electron chi connectivity index (χ0n) is 13.9. The van der Waals surface area contributed by atoms with Gasteiger partial charge in [-0.2, -0.15) is 0 Å². The molecule has 0 bridgehead atoms. The number of ether oxygens (including phenoxy) is 2. The minimum atomic E-state index is -0.0777. The van der Waals surface area contributed by atoms with Gasteiger partial charge in [-0.1, -0.05) is 18.5 Å². The molecule has 4 heteroatoms. The molecule has 0 N–H and O–H groups in total. The molecule has 0 amide bonds. The maximum atomic E-state index is 11.5.